The van der Waals surface area contributed by atoms with Crippen molar-refractivity contribution in [2.45, 2.75) is 96.0 Å². The number of carbonyl (C=O) groups is 1. The number of hydrogen-bond donors (Lipinski definition) is 1. The van der Waals surface area contributed by atoms with Crippen LogP contribution in [0.2, 0.25) is 5.15 Å². The summed E-state index contributed by atoms with van der Waals surface area (Å²) < 4.78 is 20.5. The van der Waals surface area contributed by atoms with Crippen LogP contribution in [0.5, 0.6) is 0 Å². The lowest BCUT2D eigenvalue weighted by atomic mass is 10.0. The first kappa shape index (κ1) is 25.7. The van der Waals surface area contributed by atoms with Gasteiger partial charge in [-0.2, -0.15) is 0 Å². The molecule has 3 aliphatic rings. The minimum atomic E-state index is -0.621. The number of carbonyl (C=O) groups excluding carboxylic acids is 1. The van der Waals surface area contributed by atoms with Gasteiger partial charge in [-0.15, -0.1) is 0 Å². The Labute approximate surface area is 217 Å². The summed E-state index contributed by atoms with van der Waals surface area (Å²) >= 11 is 6.32. The average molecular weight is 520 g/mol. The lowest BCUT2D eigenvalue weighted by Gasteiger charge is -2.30. The third-order valence-electron chi connectivity index (χ3n) is 7.48. The van der Waals surface area contributed by atoms with Crippen molar-refractivity contribution >= 4 is 28.7 Å². The van der Waals surface area contributed by atoms with Crippen LogP contribution in [0.15, 0.2) is 18.6 Å². The monoisotopic (exact) mass is 519 g/mol. The fourth-order valence-electron chi connectivity index (χ4n) is 6.13. The van der Waals surface area contributed by atoms with Crippen molar-refractivity contribution < 1.29 is 19.0 Å². The highest BCUT2D eigenvalue weighted by Gasteiger charge is 2.55. The fourth-order valence-corrected chi connectivity index (χ4v) is 6.33. The molecule has 2 aliphatic heterocycles. The van der Waals surface area contributed by atoms with Gasteiger partial charge in [0.1, 0.15) is 28.8 Å². The summed E-state index contributed by atoms with van der Waals surface area (Å²) in [6, 6.07) is 2.53. The second-order valence-corrected chi connectivity index (χ2v) is 12.1. The van der Waals surface area contributed by atoms with E-state index < -0.39 is 11.4 Å². The summed E-state index contributed by atoms with van der Waals surface area (Å²) in [7, 11) is 0. The molecule has 10 heteroatoms. The Balaban J connectivity index is 1.26. The number of hydrogen-bond acceptors (Lipinski definition) is 7. The maximum atomic E-state index is 12.0. The van der Waals surface area contributed by atoms with Crippen molar-refractivity contribution in [3.63, 3.8) is 0 Å². The number of ether oxygens (including phenoxy) is 3. The molecular formula is C26H38ClN5O4. The number of rotatable bonds is 6. The van der Waals surface area contributed by atoms with Gasteiger partial charge >= 0.3 is 6.09 Å². The van der Waals surface area contributed by atoms with Gasteiger partial charge in [0.25, 0.3) is 0 Å². The molecule has 0 aromatic carbocycles. The highest BCUT2D eigenvalue weighted by atomic mass is 35.5. The zero-order valence-electron chi connectivity index (χ0n) is 21.9. The molecule has 1 amide bonds. The van der Waals surface area contributed by atoms with E-state index in [0.29, 0.717) is 23.7 Å². The van der Waals surface area contributed by atoms with Crippen LogP contribution in [0.25, 0.3) is 11.0 Å². The minimum Gasteiger partial charge on any atom is -0.444 e. The SMILES string of the molecule is CC(C)(C)OC(=O)NCC[C@@H]1CCCN1C[C@H]1C[C@@H](n2ccc3c(Cl)ncnc32)[C@@H]2OC(C)(C)O[C@H]12. The molecule has 2 saturated heterocycles. The zero-order chi connectivity index (χ0) is 25.7. The number of aromatic nitrogens is 3. The highest BCUT2D eigenvalue weighted by Crippen LogP contribution is 2.48. The highest BCUT2D eigenvalue weighted by molar-refractivity contribution is 6.33. The predicted molar refractivity (Wildman–Crippen MR) is 137 cm³/mol. The van der Waals surface area contributed by atoms with E-state index in [-0.39, 0.29) is 24.3 Å². The molecule has 0 spiro atoms. The van der Waals surface area contributed by atoms with Crippen LogP contribution in [0, 0.1) is 5.92 Å². The molecule has 3 fully saturated rings. The average Bonchev–Trinajstić information content (AvgIpc) is 3.52. The number of amides is 1. The summed E-state index contributed by atoms with van der Waals surface area (Å²) in [5.41, 5.74) is 0.346. The van der Waals surface area contributed by atoms with Crippen molar-refractivity contribution in [2.75, 3.05) is 19.6 Å². The second-order valence-electron chi connectivity index (χ2n) is 11.8. The fraction of sp³-hybridized carbons (Fsp3) is 0.731. The molecule has 5 rings (SSSR count). The molecule has 2 aromatic heterocycles. The molecule has 1 N–H and O–H groups in total. The summed E-state index contributed by atoms with van der Waals surface area (Å²) in [6.07, 6.45) is 7.33. The van der Waals surface area contributed by atoms with Crippen LogP contribution in [0.1, 0.15) is 66.3 Å². The Morgan fingerprint density at radius 2 is 2.06 bits per heavy atom. The number of nitrogens with one attached hydrogen (secondary N) is 1. The van der Waals surface area contributed by atoms with Gasteiger partial charge in [0.05, 0.1) is 17.5 Å². The number of fused-ring (bicyclic) bond motifs is 2. The van der Waals surface area contributed by atoms with Crippen LogP contribution in [-0.4, -0.2) is 74.8 Å². The Morgan fingerprint density at radius 1 is 1.28 bits per heavy atom. The number of alkyl carbamates (subject to hydrolysis) is 1. The second kappa shape index (κ2) is 9.74. The molecular weight excluding hydrogens is 482 g/mol. The first-order chi connectivity index (χ1) is 17.0. The summed E-state index contributed by atoms with van der Waals surface area (Å²) in [6.45, 7) is 12.2. The van der Waals surface area contributed by atoms with E-state index in [2.05, 4.69) is 24.8 Å². The smallest absolute Gasteiger partial charge is 0.407 e. The van der Waals surface area contributed by atoms with Gasteiger partial charge in [-0.25, -0.2) is 14.8 Å². The number of likely N-dealkylation sites (tertiary alicyclic amines) is 1. The van der Waals surface area contributed by atoms with Crippen molar-refractivity contribution in [2.24, 2.45) is 5.92 Å². The maximum absolute atomic E-state index is 12.0. The predicted octanol–water partition coefficient (Wildman–Crippen LogP) is 4.55. The Kier molecular flexibility index (Phi) is 6.95. The van der Waals surface area contributed by atoms with E-state index >= 15 is 0 Å². The molecule has 1 aliphatic carbocycles. The first-order valence-corrected chi connectivity index (χ1v) is 13.4. The van der Waals surface area contributed by atoms with Gasteiger partial charge in [-0.3, -0.25) is 4.90 Å². The van der Waals surface area contributed by atoms with Crippen LogP contribution in [0.4, 0.5) is 4.79 Å². The molecule has 1 saturated carbocycles. The molecule has 2 aromatic rings. The van der Waals surface area contributed by atoms with Gasteiger partial charge in [0, 0.05) is 31.2 Å². The Morgan fingerprint density at radius 3 is 2.83 bits per heavy atom. The van der Waals surface area contributed by atoms with Crippen LogP contribution in [0.3, 0.4) is 0 Å². The zero-order valence-corrected chi connectivity index (χ0v) is 22.6. The van der Waals surface area contributed by atoms with E-state index in [1.165, 1.54) is 12.7 Å². The summed E-state index contributed by atoms with van der Waals surface area (Å²) in [5, 5.41) is 4.24. The summed E-state index contributed by atoms with van der Waals surface area (Å²) in [5.74, 6) is -0.292. The maximum Gasteiger partial charge on any atom is 0.407 e. The first-order valence-electron chi connectivity index (χ1n) is 13.0. The lowest BCUT2D eigenvalue weighted by Crippen LogP contribution is -2.40. The van der Waals surface area contributed by atoms with Crippen LogP contribution < -0.4 is 5.32 Å². The van der Waals surface area contributed by atoms with Crippen molar-refractivity contribution in [3.05, 3.63) is 23.7 Å². The lowest BCUT2D eigenvalue weighted by molar-refractivity contribution is -0.161. The minimum absolute atomic E-state index is 0.0147. The molecule has 5 atom stereocenters. The number of nitrogens with zero attached hydrogens (tertiary/aromatic N) is 4. The van der Waals surface area contributed by atoms with Crippen LogP contribution in [-0.2, 0) is 14.2 Å². The van der Waals surface area contributed by atoms with Gasteiger partial charge < -0.3 is 24.1 Å². The van der Waals surface area contributed by atoms with Crippen molar-refractivity contribution in [1.82, 2.24) is 24.8 Å². The molecule has 0 radical (unpaired) electrons. The van der Waals surface area contributed by atoms with E-state index in [9.17, 15) is 4.79 Å². The van der Waals surface area contributed by atoms with Crippen molar-refractivity contribution in [1.29, 1.82) is 0 Å². The third kappa shape index (κ3) is 5.35. The van der Waals surface area contributed by atoms with Gasteiger partial charge in [0.2, 0.25) is 0 Å². The Hall–Kier alpha value is -1.94. The third-order valence-corrected chi connectivity index (χ3v) is 7.78. The molecule has 0 bridgehead atoms. The van der Waals surface area contributed by atoms with Gasteiger partial charge in [-0.1, -0.05) is 11.6 Å². The molecule has 9 nitrogen and oxygen atoms in total. The normalized spacial score (nSPS) is 30.1. The van der Waals surface area contributed by atoms with Gasteiger partial charge in [0.15, 0.2) is 5.79 Å². The molecule has 4 heterocycles. The topological polar surface area (TPSA) is 90.7 Å². The van der Waals surface area contributed by atoms with Crippen molar-refractivity contribution in [3.8, 4) is 0 Å². The number of halogens is 1. The van der Waals surface area contributed by atoms with Crippen LogP contribution >= 0.6 is 11.6 Å². The molecule has 198 valence electrons. The molecule has 0 unspecified atom stereocenters. The largest absolute Gasteiger partial charge is 0.444 e. The van der Waals surface area contributed by atoms with E-state index in [1.54, 1.807) is 0 Å². The van der Waals surface area contributed by atoms with E-state index in [4.69, 9.17) is 25.8 Å². The quantitative estimate of drug-likeness (QED) is 0.560. The molecule has 36 heavy (non-hydrogen) atoms. The standard InChI is InChI=1S/C26H38ClN5O4/c1-25(2,3)36-24(33)28-10-8-17-7-6-11-31(17)14-16-13-19(21-20(16)34-26(4,5)35-21)32-12-9-18-22(27)29-15-30-23(18)32/h9,12,15-17,19-21H,6-8,10-11,13-14H2,1-5H3,(H,28,33)/t16-,17+,19-,20-,21+/m1/s1. The summed E-state index contributed by atoms with van der Waals surface area (Å²) in [4.78, 5) is 23.3. The van der Waals surface area contributed by atoms with E-state index in [0.717, 1.165) is 43.4 Å². The van der Waals surface area contributed by atoms with Gasteiger partial charge in [-0.05, 0) is 72.9 Å². The van der Waals surface area contributed by atoms with E-state index in [1.807, 2.05) is 46.9 Å². The Bertz CT molecular complexity index is 1100.